The minimum atomic E-state index is -0.278. The lowest BCUT2D eigenvalue weighted by Crippen LogP contribution is -2.37. The summed E-state index contributed by atoms with van der Waals surface area (Å²) in [6.07, 6.45) is 7.51. The van der Waals surface area contributed by atoms with Gasteiger partial charge in [-0.2, -0.15) is 0 Å². The van der Waals surface area contributed by atoms with E-state index in [1.165, 1.54) is 12.8 Å². The van der Waals surface area contributed by atoms with E-state index in [0.29, 0.717) is 5.92 Å². The molecule has 0 spiro atoms. The van der Waals surface area contributed by atoms with Crippen LogP contribution in [0.1, 0.15) is 65.7 Å². The average Bonchev–Trinajstić information content (AvgIpc) is 1.99. The van der Waals surface area contributed by atoms with Crippen LogP contribution in [0, 0.1) is 5.92 Å². The highest BCUT2D eigenvalue weighted by atomic mass is 16.3. The number of aliphatic hydroxyl groups is 2. The molecule has 15 heavy (non-hydrogen) atoms. The molecule has 0 aromatic carbocycles. The molecular formula is C13H26O2. The Labute approximate surface area is 93.7 Å². The van der Waals surface area contributed by atoms with Crippen molar-refractivity contribution in [1.29, 1.82) is 0 Å². The normalized spacial score (nSPS) is 26.0. The summed E-state index contributed by atoms with van der Waals surface area (Å²) in [6.45, 7) is 6.21. The third-order valence-corrected chi connectivity index (χ3v) is 3.50. The van der Waals surface area contributed by atoms with Crippen LogP contribution in [-0.2, 0) is 0 Å². The van der Waals surface area contributed by atoms with Crippen molar-refractivity contribution in [2.45, 2.75) is 76.9 Å². The fourth-order valence-corrected chi connectivity index (χ4v) is 2.24. The minimum Gasteiger partial charge on any atom is -0.390 e. The zero-order valence-corrected chi connectivity index (χ0v) is 10.4. The Bertz CT molecular complexity index is 187. The summed E-state index contributed by atoms with van der Waals surface area (Å²) in [5, 5.41) is 18.5. The molecule has 0 aromatic rings. The molecular weight excluding hydrogens is 188 g/mol. The van der Waals surface area contributed by atoms with E-state index < -0.39 is 0 Å². The lowest BCUT2D eigenvalue weighted by molar-refractivity contribution is -0.0493. The molecule has 0 saturated heterocycles. The highest BCUT2D eigenvalue weighted by Crippen LogP contribution is 2.36. The molecule has 0 bridgehead atoms. The van der Waals surface area contributed by atoms with Crippen molar-refractivity contribution in [1.82, 2.24) is 0 Å². The van der Waals surface area contributed by atoms with Crippen molar-refractivity contribution in [3.63, 3.8) is 0 Å². The summed E-state index contributed by atoms with van der Waals surface area (Å²) in [4.78, 5) is 0. The number of hydrogen-bond acceptors (Lipinski definition) is 2. The molecule has 2 nitrogen and oxygen atoms in total. The maximum absolute atomic E-state index is 9.58. The summed E-state index contributed by atoms with van der Waals surface area (Å²) in [5.74, 6) is 0.648. The SMILES string of the molecule is CC(C)CC1(O)CCC1.CC1(O)CCC1. The van der Waals surface area contributed by atoms with Gasteiger partial charge in [-0.05, 0) is 57.8 Å². The Hall–Kier alpha value is -0.0800. The van der Waals surface area contributed by atoms with Crippen LogP contribution >= 0.6 is 0 Å². The van der Waals surface area contributed by atoms with Gasteiger partial charge in [0.2, 0.25) is 0 Å². The molecule has 2 aliphatic rings. The Balaban J connectivity index is 0.000000162. The first-order valence-electron chi connectivity index (χ1n) is 6.28. The summed E-state index contributed by atoms with van der Waals surface area (Å²) in [6, 6.07) is 0. The van der Waals surface area contributed by atoms with E-state index in [-0.39, 0.29) is 11.2 Å². The van der Waals surface area contributed by atoms with Crippen molar-refractivity contribution < 1.29 is 10.2 Å². The lowest BCUT2D eigenvalue weighted by Gasteiger charge is -2.37. The van der Waals surface area contributed by atoms with Gasteiger partial charge in [0, 0.05) is 0 Å². The fraction of sp³-hybridized carbons (Fsp3) is 1.00. The van der Waals surface area contributed by atoms with Crippen LogP contribution in [0.2, 0.25) is 0 Å². The van der Waals surface area contributed by atoms with E-state index in [1.54, 1.807) is 0 Å². The zero-order valence-electron chi connectivity index (χ0n) is 10.4. The van der Waals surface area contributed by atoms with Crippen molar-refractivity contribution in [3.8, 4) is 0 Å². The van der Waals surface area contributed by atoms with Crippen LogP contribution in [0.15, 0.2) is 0 Å². The van der Waals surface area contributed by atoms with E-state index in [9.17, 15) is 5.11 Å². The van der Waals surface area contributed by atoms with Gasteiger partial charge >= 0.3 is 0 Å². The highest BCUT2D eigenvalue weighted by Gasteiger charge is 2.34. The first kappa shape index (κ1) is 13.0. The quantitative estimate of drug-likeness (QED) is 0.742. The van der Waals surface area contributed by atoms with Crippen LogP contribution in [0.3, 0.4) is 0 Å². The van der Waals surface area contributed by atoms with Gasteiger partial charge in [0.15, 0.2) is 0 Å². The van der Waals surface area contributed by atoms with E-state index >= 15 is 0 Å². The topological polar surface area (TPSA) is 40.5 Å². The van der Waals surface area contributed by atoms with Gasteiger partial charge in [0.25, 0.3) is 0 Å². The first-order valence-corrected chi connectivity index (χ1v) is 6.28. The molecule has 0 radical (unpaired) electrons. The van der Waals surface area contributed by atoms with Crippen molar-refractivity contribution >= 4 is 0 Å². The van der Waals surface area contributed by atoms with Gasteiger partial charge in [0.1, 0.15) is 0 Å². The molecule has 2 saturated carbocycles. The van der Waals surface area contributed by atoms with Crippen molar-refractivity contribution in [3.05, 3.63) is 0 Å². The third kappa shape index (κ3) is 4.52. The standard InChI is InChI=1S/C8H16O.C5H10O/c1-7(2)6-8(9)4-3-5-8;1-5(6)3-2-4-5/h7,9H,3-6H2,1-2H3;6H,2-4H2,1H3. The predicted octanol–water partition coefficient (Wildman–Crippen LogP) is 2.87. The molecule has 0 aromatic heterocycles. The number of rotatable bonds is 2. The summed E-state index contributed by atoms with van der Waals surface area (Å²) in [5.41, 5.74) is -0.534. The summed E-state index contributed by atoms with van der Waals surface area (Å²) in [7, 11) is 0. The smallest absolute Gasteiger partial charge is 0.0650 e. The van der Waals surface area contributed by atoms with Crippen LogP contribution in [0.5, 0.6) is 0 Å². The van der Waals surface area contributed by atoms with Crippen molar-refractivity contribution in [2.24, 2.45) is 5.92 Å². The van der Waals surface area contributed by atoms with Gasteiger partial charge < -0.3 is 10.2 Å². The third-order valence-electron chi connectivity index (χ3n) is 3.50. The maximum atomic E-state index is 9.58. The van der Waals surface area contributed by atoms with Crippen molar-refractivity contribution in [2.75, 3.05) is 0 Å². The second-order valence-corrected chi connectivity index (χ2v) is 6.03. The molecule has 0 unspecified atom stereocenters. The Morgan fingerprint density at radius 3 is 1.47 bits per heavy atom. The molecule has 90 valence electrons. The monoisotopic (exact) mass is 214 g/mol. The van der Waals surface area contributed by atoms with E-state index in [2.05, 4.69) is 13.8 Å². The van der Waals surface area contributed by atoms with Gasteiger partial charge in [-0.25, -0.2) is 0 Å². The van der Waals surface area contributed by atoms with E-state index in [1.807, 2.05) is 6.92 Å². The largest absolute Gasteiger partial charge is 0.390 e. The van der Waals surface area contributed by atoms with Gasteiger partial charge in [-0.3, -0.25) is 0 Å². The van der Waals surface area contributed by atoms with Crippen LogP contribution < -0.4 is 0 Å². The van der Waals surface area contributed by atoms with E-state index in [0.717, 1.165) is 32.1 Å². The predicted molar refractivity (Wildman–Crippen MR) is 62.7 cm³/mol. The Kier molecular flexibility index (Phi) is 4.19. The Morgan fingerprint density at radius 2 is 1.40 bits per heavy atom. The zero-order chi connectivity index (χ0) is 11.5. The van der Waals surface area contributed by atoms with Gasteiger partial charge in [-0.15, -0.1) is 0 Å². The first-order chi connectivity index (χ1) is 6.83. The van der Waals surface area contributed by atoms with Crippen LogP contribution in [0.25, 0.3) is 0 Å². The Morgan fingerprint density at radius 1 is 1.00 bits per heavy atom. The summed E-state index contributed by atoms with van der Waals surface area (Å²) < 4.78 is 0. The minimum absolute atomic E-state index is 0.256. The molecule has 2 rings (SSSR count). The van der Waals surface area contributed by atoms with Gasteiger partial charge in [0.05, 0.1) is 11.2 Å². The molecule has 0 amide bonds. The van der Waals surface area contributed by atoms with Crippen LogP contribution in [0.4, 0.5) is 0 Å². The molecule has 2 heteroatoms. The molecule has 0 atom stereocenters. The molecule has 2 aliphatic carbocycles. The highest BCUT2D eigenvalue weighted by molar-refractivity contribution is 4.87. The second kappa shape index (κ2) is 4.84. The average molecular weight is 214 g/mol. The van der Waals surface area contributed by atoms with Gasteiger partial charge in [-0.1, -0.05) is 13.8 Å². The lowest BCUT2D eigenvalue weighted by atomic mass is 9.75. The summed E-state index contributed by atoms with van der Waals surface area (Å²) >= 11 is 0. The van der Waals surface area contributed by atoms with Crippen LogP contribution in [-0.4, -0.2) is 21.4 Å². The fourth-order valence-electron chi connectivity index (χ4n) is 2.24. The second-order valence-electron chi connectivity index (χ2n) is 6.03. The number of hydrogen-bond donors (Lipinski definition) is 2. The van der Waals surface area contributed by atoms with E-state index in [4.69, 9.17) is 5.11 Å². The maximum Gasteiger partial charge on any atom is 0.0650 e. The molecule has 0 aliphatic heterocycles. The molecule has 2 fully saturated rings. The molecule has 0 heterocycles. The molecule has 2 N–H and O–H groups in total.